The zero-order chi connectivity index (χ0) is 13.1. The highest BCUT2D eigenvalue weighted by Gasteiger charge is 2.08. The predicted octanol–water partition coefficient (Wildman–Crippen LogP) is 4.30. The van der Waals surface area contributed by atoms with Crippen molar-refractivity contribution < 1.29 is 8.78 Å². The summed E-state index contributed by atoms with van der Waals surface area (Å²) in [5.74, 6) is -0.398. The summed E-state index contributed by atoms with van der Waals surface area (Å²) >= 11 is 3.13. The molecule has 1 heterocycles. The highest BCUT2D eigenvalue weighted by atomic mass is 79.9. The molecule has 0 aliphatic heterocycles. The molecule has 2 rings (SSSR count). The third kappa shape index (κ3) is 3.04. The Bertz CT molecular complexity index is 560. The number of benzene rings is 1. The van der Waals surface area contributed by atoms with Crippen molar-refractivity contribution in [3.8, 4) is 0 Å². The van der Waals surface area contributed by atoms with Crippen LogP contribution >= 0.6 is 15.9 Å². The van der Waals surface area contributed by atoms with Gasteiger partial charge in [-0.3, -0.25) is 0 Å². The van der Waals surface area contributed by atoms with Gasteiger partial charge in [0.2, 0.25) is 5.95 Å². The molecule has 0 aliphatic rings. The van der Waals surface area contributed by atoms with Crippen LogP contribution in [-0.4, -0.2) is 4.98 Å². The van der Waals surface area contributed by atoms with Crippen LogP contribution in [0.25, 0.3) is 0 Å². The Balaban J connectivity index is 2.16. The molecular weight excluding hydrogens is 302 g/mol. The minimum absolute atomic E-state index is 0.101. The molecule has 0 fully saturated rings. The van der Waals surface area contributed by atoms with Crippen LogP contribution in [0.2, 0.25) is 0 Å². The summed E-state index contributed by atoms with van der Waals surface area (Å²) in [7, 11) is 0. The van der Waals surface area contributed by atoms with Gasteiger partial charge in [0.1, 0.15) is 11.6 Å². The molecule has 0 radical (unpaired) electrons. The van der Waals surface area contributed by atoms with E-state index < -0.39 is 5.95 Å². The van der Waals surface area contributed by atoms with Gasteiger partial charge in [0.25, 0.3) is 0 Å². The Morgan fingerprint density at radius 3 is 2.67 bits per heavy atom. The van der Waals surface area contributed by atoms with Crippen LogP contribution in [0.1, 0.15) is 18.5 Å². The fourth-order valence-electron chi connectivity index (χ4n) is 1.58. The lowest BCUT2D eigenvalue weighted by molar-refractivity contribution is 0.584. The highest BCUT2D eigenvalue weighted by molar-refractivity contribution is 9.10. The van der Waals surface area contributed by atoms with Gasteiger partial charge in [-0.25, -0.2) is 9.37 Å². The second-order valence-electron chi connectivity index (χ2n) is 3.89. The van der Waals surface area contributed by atoms with Crippen LogP contribution in [0.4, 0.5) is 14.6 Å². The Kier molecular flexibility index (Phi) is 3.91. The lowest BCUT2D eigenvalue weighted by Gasteiger charge is -2.15. The van der Waals surface area contributed by atoms with E-state index in [2.05, 4.69) is 26.2 Å². The molecule has 2 aromatic rings. The second-order valence-corrected chi connectivity index (χ2v) is 4.74. The summed E-state index contributed by atoms with van der Waals surface area (Å²) in [6, 6.07) is 9.19. The van der Waals surface area contributed by atoms with Gasteiger partial charge in [0.05, 0.1) is 4.47 Å². The van der Waals surface area contributed by atoms with E-state index in [9.17, 15) is 8.78 Å². The van der Waals surface area contributed by atoms with E-state index in [-0.39, 0.29) is 11.9 Å². The van der Waals surface area contributed by atoms with Crippen molar-refractivity contribution in [3.05, 3.63) is 58.2 Å². The van der Waals surface area contributed by atoms with E-state index in [0.717, 1.165) is 5.56 Å². The molecule has 0 aliphatic carbocycles. The Hall–Kier alpha value is -1.49. The Labute approximate surface area is 112 Å². The number of nitrogens with one attached hydrogen (secondary N) is 1. The van der Waals surface area contributed by atoms with Crippen LogP contribution in [-0.2, 0) is 0 Å². The molecule has 1 unspecified atom stereocenters. The number of anilines is 1. The molecule has 0 saturated heterocycles. The zero-order valence-electron chi connectivity index (χ0n) is 9.62. The topological polar surface area (TPSA) is 24.9 Å². The average molecular weight is 313 g/mol. The Morgan fingerprint density at radius 2 is 2.00 bits per heavy atom. The fraction of sp³-hybridized carbons (Fsp3) is 0.154. The molecule has 0 saturated carbocycles. The minimum Gasteiger partial charge on any atom is -0.363 e. The molecule has 94 valence electrons. The van der Waals surface area contributed by atoms with Gasteiger partial charge in [0, 0.05) is 6.04 Å². The largest absolute Gasteiger partial charge is 0.363 e. The van der Waals surface area contributed by atoms with E-state index in [1.54, 1.807) is 24.3 Å². The van der Waals surface area contributed by atoms with E-state index >= 15 is 0 Å². The van der Waals surface area contributed by atoms with Crippen molar-refractivity contribution in [2.75, 3.05) is 5.32 Å². The van der Waals surface area contributed by atoms with Gasteiger partial charge < -0.3 is 5.32 Å². The quantitative estimate of drug-likeness (QED) is 0.855. The van der Waals surface area contributed by atoms with Crippen molar-refractivity contribution in [2.24, 2.45) is 0 Å². The van der Waals surface area contributed by atoms with Crippen LogP contribution in [0.3, 0.4) is 0 Å². The van der Waals surface area contributed by atoms with E-state index in [1.165, 1.54) is 12.1 Å². The van der Waals surface area contributed by atoms with Crippen molar-refractivity contribution in [3.63, 3.8) is 0 Å². The average Bonchev–Trinajstić information content (AvgIpc) is 2.32. The second kappa shape index (κ2) is 5.44. The molecule has 1 aromatic carbocycles. The molecule has 1 aromatic heterocycles. The molecular formula is C13H11BrF2N2. The first kappa shape index (κ1) is 13.0. The van der Waals surface area contributed by atoms with Gasteiger partial charge in [-0.1, -0.05) is 12.1 Å². The molecule has 2 nitrogen and oxygen atoms in total. The lowest BCUT2D eigenvalue weighted by Crippen LogP contribution is -2.08. The maximum Gasteiger partial charge on any atom is 0.214 e. The van der Waals surface area contributed by atoms with Crippen LogP contribution in [0, 0.1) is 11.8 Å². The minimum atomic E-state index is -0.535. The van der Waals surface area contributed by atoms with Gasteiger partial charge in [-0.2, -0.15) is 4.39 Å². The third-order valence-corrected chi connectivity index (χ3v) is 3.13. The molecule has 0 spiro atoms. The normalized spacial score (nSPS) is 12.2. The van der Waals surface area contributed by atoms with Crippen LogP contribution < -0.4 is 5.32 Å². The molecule has 0 bridgehead atoms. The predicted molar refractivity (Wildman–Crippen MR) is 70.3 cm³/mol. The maximum atomic E-state index is 13.1. The first-order chi connectivity index (χ1) is 8.56. The number of nitrogens with zero attached hydrogens (tertiary/aromatic N) is 1. The van der Waals surface area contributed by atoms with Gasteiger partial charge in [-0.15, -0.1) is 0 Å². The van der Waals surface area contributed by atoms with Crippen LogP contribution in [0.5, 0.6) is 0 Å². The number of halogens is 3. The van der Waals surface area contributed by atoms with Gasteiger partial charge in [-0.05, 0) is 52.7 Å². The molecule has 0 amide bonds. The van der Waals surface area contributed by atoms with E-state index in [0.29, 0.717) is 10.3 Å². The Morgan fingerprint density at radius 1 is 1.22 bits per heavy atom. The summed E-state index contributed by atoms with van der Waals surface area (Å²) in [6.07, 6.45) is 0. The number of rotatable bonds is 3. The summed E-state index contributed by atoms with van der Waals surface area (Å²) in [5.41, 5.74) is 0.884. The fourth-order valence-corrected chi connectivity index (χ4v) is 1.97. The number of pyridine rings is 1. The number of hydrogen-bond donors (Lipinski definition) is 1. The van der Waals surface area contributed by atoms with E-state index in [4.69, 9.17) is 0 Å². The van der Waals surface area contributed by atoms with Gasteiger partial charge in [0.15, 0.2) is 0 Å². The third-order valence-electron chi connectivity index (χ3n) is 2.52. The first-order valence-corrected chi connectivity index (χ1v) is 6.19. The zero-order valence-corrected chi connectivity index (χ0v) is 11.2. The van der Waals surface area contributed by atoms with Crippen molar-refractivity contribution >= 4 is 21.7 Å². The molecule has 18 heavy (non-hydrogen) atoms. The van der Waals surface area contributed by atoms with Crippen molar-refractivity contribution in [1.82, 2.24) is 4.98 Å². The summed E-state index contributed by atoms with van der Waals surface area (Å²) < 4.78 is 26.4. The molecule has 5 heteroatoms. The standard InChI is InChI=1S/C13H11BrF2N2/c1-8(9-5-6-11(15)10(14)7-9)17-13-4-2-3-12(16)18-13/h2-8H,1H3,(H,17,18). The highest BCUT2D eigenvalue weighted by Crippen LogP contribution is 2.23. The van der Waals surface area contributed by atoms with Crippen molar-refractivity contribution in [2.45, 2.75) is 13.0 Å². The summed E-state index contributed by atoms with van der Waals surface area (Å²) in [6.45, 7) is 1.90. The first-order valence-electron chi connectivity index (χ1n) is 5.40. The maximum absolute atomic E-state index is 13.1. The van der Waals surface area contributed by atoms with Gasteiger partial charge >= 0.3 is 0 Å². The smallest absolute Gasteiger partial charge is 0.214 e. The number of aromatic nitrogens is 1. The van der Waals surface area contributed by atoms with Crippen molar-refractivity contribution in [1.29, 1.82) is 0 Å². The molecule has 1 N–H and O–H groups in total. The van der Waals surface area contributed by atoms with Crippen LogP contribution in [0.15, 0.2) is 40.9 Å². The van der Waals surface area contributed by atoms with E-state index in [1.807, 2.05) is 6.92 Å². The monoisotopic (exact) mass is 312 g/mol. The number of hydrogen-bond acceptors (Lipinski definition) is 2. The SMILES string of the molecule is CC(Nc1cccc(F)n1)c1ccc(F)c(Br)c1. The lowest BCUT2D eigenvalue weighted by atomic mass is 10.1. The summed E-state index contributed by atoms with van der Waals surface area (Å²) in [4.78, 5) is 3.72. The molecule has 1 atom stereocenters. The summed E-state index contributed by atoms with van der Waals surface area (Å²) in [5, 5.41) is 3.05.